The van der Waals surface area contributed by atoms with Crippen LogP contribution in [0.4, 0.5) is 5.82 Å². The third-order valence-corrected chi connectivity index (χ3v) is 2.90. The molecule has 0 saturated carbocycles. The third kappa shape index (κ3) is 5.70. The van der Waals surface area contributed by atoms with E-state index in [4.69, 9.17) is 5.73 Å². The van der Waals surface area contributed by atoms with Crippen molar-refractivity contribution in [2.24, 2.45) is 5.73 Å². The van der Waals surface area contributed by atoms with E-state index in [0.29, 0.717) is 13.0 Å². The minimum Gasteiger partial charge on any atom is -0.370 e. The number of carbonyl (C=O) groups is 1. The van der Waals surface area contributed by atoms with Gasteiger partial charge in [-0.1, -0.05) is 19.4 Å². The molecule has 0 aliphatic carbocycles. The number of rotatable bonds is 8. The zero-order chi connectivity index (χ0) is 14.1. The second-order valence-corrected chi connectivity index (χ2v) is 4.92. The SMILES string of the molecule is CCCC(C)(N)C(=O)NCCCNc1ccccn1. The highest BCUT2D eigenvalue weighted by Crippen LogP contribution is 2.08. The number of nitrogens with zero attached hydrogens (tertiary/aromatic N) is 1. The van der Waals surface area contributed by atoms with Crippen molar-refractivity contribution in [3.05, 3.63) is 24.4 Å². The highest BCUT2D eigenvalue weighted by molar-refractivity contribution is 5.85. The van der Waals surface area contributed by atoms with Gasteiger partial charge in [0.2, 0.25) is 5.91 Å². The zero-order valence-corrected chi connectivity index (χ0v) is 11.8. The highest BCUT2D eigenvalue weighted by atomic mass is 16.2. The van der Waals surface area contributed by atoms with E-state index in [1.807, 2.05) is 25.1 Å². The molecule has 0 aliphatic heterocycles. The monoisotopic (exact) mass is 264 g/mol. The van der Waals surface area contributed by atoms with Crippen LogP contribution in [-0.4, -0.2) is 29.5 Å². The molecule has 1 unspecified atom stereocenters. The number of hydrogen-bond acceptors (Lipinski definition) is 4. The van der Waals surface area contributed by atoms with Gasteiger partial charge in [-0.2, -0.15) is 0 Å². The second kappa shape index (κ2) is 7.74. The summed E-state index contributed by atoms with van der Waals surface area (Å²) in [5.41, 5.74) is 5.18. The Bertz CT molecular complexity index is 378. The van der Waals surface area contributed by atoms with Gasteiger partial charge in [0.25, 0.3) is 0 Å². The van der Waals surface area contributed by atoms with Gasteiger partial charge < -0.3 is 16.4 Å². The second-order valence-electron chi connectivity index (χ2n) is 4.92. The van der Waals surface area contributed by atoms with Gasteiger partial charge in [-0.25, -0.2) is 4.98 Å². The molecule has 1 atom stereocenters. The Morgan fingerprint density at radius 3 is 2.84 bits per heavy atom. The molecule has 1 aromatic rings. The molecule has 1 amide bonds. The van der Waals surface area contributed by atoms with E-state index in [-0.39, 0.29) is 5.91 Å². The van der Waals surface area contributed by atoms with Gasteiger partial charge in [0.15, 0.2) is 0 Å². The summed E-state index contributed by atoms with van der Waals surface area (Å²) >= 11 is 0. The van der Waals surface area contributed by atoms with Crippen LogP contribution in [0.1, 0.15) is 33.1 Å². The Kier molecular flexibility index (Phi) is 6.29. The van der Waals surface area contributed by atoms with Crippen molar-refractivity contribution >= 4 is 11.7 Å². The molecule has 0 saturated heterocycles. The molecular formula is C14H24N4O. The summed E-state index contributed by atoms with van der Waals surface area (Å²) in [5, 5.41) is 6.06. The Balaban J connectivity index is 2.16. The van der Waals surface area contributed by atoms with Crippen molar-refractivity contribution in [1.29, 1.82) is 0 Å². The van der Waals surface area contributed by atoms with Crippen LogP contribution in [0.15, 0.2) is 24.4 Å². The number of aromatic nitrogens is 1. The summed E-state index contributed by atoms with van der Waals surface area (Å²) in [6.45, 7) is 5.19. The molecule has 19 heavy (non-hydrogen) atoms. The van der Waals surface area contributed by atoms with Crippen LogP contribution in [0.3, 0.4) is 0 Å². The summed E-state index contributed by atoms with van der Waals surface area (Å²) in [5.74, 6) is 0.774. The van der Waals surface area contributed by atoms with Crippen LogP contribution in [0.5, 0.6) is 0 Å². The number of carbonyl (C=O) groups excluding carboxylic acids is 1. The Morgan fingerprint density at radius 1 is 1.42 bits per heavy atom. The van der Waals surface area contributed by atoms with Crippen molar-refractivity contribution in [1.82, 2.24) is 10.3 Å². The maximum Gasteiger partial charge on any atom is 0.239 e. The Labute approximate surface area is 115 Å². The van der Waals surface area contributed by atoms with Crippen molar-refractivity contribution in [3.63, 3.8) is 0 Å². The third-order valence-electron chi connectivity index (χ3n) is 2.90. The van der Waals surface area contributed by atoms with Crippen LogP contribution >= 0.6 is 0 Å². The van der Waals surface area contributed by atoms with Gasteiger partial charge in [-0.05, 0) is 31.9 Å². The lowest BCUT2D eigenvalue weighted by atomic mass is 9.96. The fraction of sp³-hybridized carbons (Fsp3) is 0.571. The molecular weight excluding hydrogens is 240 g/mol. The van der Waals surface area contributed by atoms with E-state index < -0.39 is 5.54 Å². The number of amides is 1. The first-order valence-electron chi connectivity index (χ1n) is 6.78. The topological polar surface area (TPSA) is 80.0 Å². The summed E-state index contributed by atoms with van der Waals surface area (Å²) in [4.78, 5) is 16.0. The van der Waals surface area contributed by atoms with Crippen molar-refractivity contribution < 1.29 is 4.79 Å². The van der Waals surface area contributed by atoms with Gasteiger partial charge in [0, 0.05) is 19.3 Å². The first-order chi connectivity index (χ1) is 9.06. The van der Waals surface area contributed by atoms with Crippen LogP contribution in [0.25, 0.3) is 0 Å². The average molecular weight is 264 g/mol. The molecule has 1 rings (SSSR count). The highest BCUT2D eigenvalue weighted by Gasteiger charge is 2.26. The van der Waals surface area contributed by atoms with E-state index >= 15 is 0 Å². The molecule has 5 heteroatoms. The van der Waals surface area contributed by atoms with Gasteiger partial charge in [-0.15, -0.1) is 0 Å². The molecule has 1 heterocycles. The molecule has 4 N–H and O–H groups in total. The molecule has 106 valence electrons. The molecule has 0 aromatic carbocycles. The lowest BCUT2D eigenvalue weighted by Crippen LogP contribution is -2.51. The minimum absolute atomic E-state index is 0.0767. The number of nitrogens with one attached hydrogen (secondary N) is 2. The van der Waals surface area contributed by atoms with E-state index in [0.717, 1.165) is 25.2 Å². The maximum atomic E-state index is 11.8. The standard InChI is InChI=1S/C14H24N4O/c1-3-8-14(2,15)13(19)18-11-6-10-17-12-7-4-5-9-16-12/h4-5,7,9H,3,6,8,10-11,15H2,1-2H3,(H,16,17)(H,18,19). The molecule has 0 fully saturated rings. The normalized spacial score (nSPS) is 13.6. The molecule has 0 aliphatic rings. The van der Waals surface area contributed by atoms with Gasteiger partial charge in [0.1, 0.15) is 5.82 Å². The summed E-state index contributed by atoms with van der Waals surface area (Å²) in [6, 6.07) is 5.72. The van der Waals surface area contributed by atoms with Crippen LogP contribution < -0.4 is 16.4 Å². The fourth-order valence-corrected chi connectivity index (χ4v) is 1.81. The van der Waals surface area contributed by atoms with E-state index in [1.165, 1.54) is 0 Å². The molecule has 5 nitrogen and oxygen atoms in total. The summed E-state index contributed by atoms with van der Waals surface area (Å²) in [6.07, 6.45) is 4.19. The van der Waals surface area contributed by atoms with Crippen LogP contribution in [0.2, 0.25) is 0 Å². The predicted molar refractivity (Wildman–Crippen MR) is 77.9 cm³/mol. The van der Waals surface area contributed by atoms with Gasteiger partial charge in [0.05, 0.1) is 5.54 Å². The van der Waals surface area contributed by atoms with E-state index in [9.17, 15) is 4.79 Å². The molecule has 1 aromatic heterocycles. The summed E-state index contributed by atoms with van der Waals surface area (Å²) < 4.78 is 0. The summed E-state index contributed by atoms with van der Waals surface area (Å²) in [7, 11) is 0. The number of nitrogens with two attached hydrogens (primary N) is 1. The van der Waals surface area contributed by atoms with Crippen LogP contribution in [-0.2, 0) is 4.79 Å². The van der Waals surface area contributed by atoms with Gasteiger partial charge >= 0.3 is 0 Å². The Hall–Kier alpha value is -1.62. The number of hydrogen-bond donors (Lipinski definition) is 3. The van der Waals surface area contributed by atoms with Gasteiger partial charge in [-0.3, -0.25) is 4.79 Å². The lowest BCUT2D eigenvalue weighted by Gasteiger charge is -2.22. The van der Waals surface area contributed by atoms with Crippen molar-refractivity contribution in [2.75, 3.05) is 18.4 Å². The maximum absolute atomic E-state index is 11.8. The minimum atomic E-state index is -0.761. The number of pyridine rings is 1. The average Bonchev–Trinajstić information content (AvgIpc) is 2.39. The predicted octanol–water partition coefficient (Wildman–Crippen LogP) is 1.52. The zero-order valence-electron chi connectivity index (χ0n) is 11.8. The van der Waals surface area contributed by atoms with Crippen LogP contribution in [0, 0.1) is 0 Å². The lowest BCUT2D eigenvalue weighted by molar-refractivity contribution is -0.126. The fourth-order valence-electron chi connectivity index (χ4n) is 1.81. The smallest absolute Gasteiger partial charge is 0.239 e. The first kappa shape index (κ1) is 15.4. The van der Waals surface area contributed by atoms with Crippen molar-refractivity contribution in [2.45, 2.75) is 38.6 Å². The largest absolute Gasteiger partial charge is 0.370 e. The van der Waals surface area contributed by atoms with E-state index in [1.54, 1.807) is 13.1 Å². The molecule has 0 bridgehead atoms. The molecule has 0 radical (unpaired) electrons. The first-order valence-corrected chi connectivity index (χ1v) is 6.78. The van der Waals surface area contributed by atoms with Crippen molar-refractivity contribution in [3.8, 4) is 0 Å². The Morgan fingerprint density at radius 2 is 2.21 bits per heavy atom. The quantitative estimate of drug-likeness (QED) is 0.622. The number of anilines is 1. The van der Waals surface area contributed by atoms with E-state index in [2.05, 4.69) is 15.6 Å². The molecule has 0 spiro atoms.